The highest BCUT2D eigenvalue weighted by Crippen LogP contribution is 2.49. The van der Waals surface area contributed by atoms with Gasteiger partial charge in [0.2, 0.25) is 5.91 Å². The number of alkyl halides is 2. The van der Waals surface area contributed by atoms with Crippen molar-refractivity contribution in [2.24, 2.45) is 17.8 Å². The smallest absolute Gasteiger partial charge is 0.282 e. The van der Waals surface area contributed by atoms with Crippen LogP contribution < -0.4 is 5.32 Å². The number of hydrogen-bond acceptors (Lipinski definition) is 2. The highest BCUT2D eigenvalue weighted by atomic mass is 19.3. The van der Waals surface area contributed by atoms with E-state index in [0.717, 1.165) is 30.4 Å². The second-order valence-corrected chi connectivity index (χ2v) is 7.92. The first-order valence-corrected chi connectivity index (χ1v) is 9.16. The van der Waals surface area contributed by atoms with E-state index >= 15 is 0 Å². The van der Waals surface area contributed by atoms with Gasteiger partial charge in [-0.3, -0.25) is 9.48 Å². The highest BCUT2D eigenvalue weighted by Gasteiger charge is 2.42. The van der Waals surface area contributed by atoms with Gasteiger partial charge < -0.3 is 5.32 Å². The fraction of sp³-hybridized carbons (Fsp3) is 0.778. The maximum Gasteiger partial charge on any atom is 0.282 e. The zero-order chi connectivity index (χ0) is 16.8. The fourth-order valence-corrected chi connectivity index (χ4v) is 4.84. The summed E-state index contributed by atoms with van der Waals surface area (Å²) >= 11 is 0. The minimum Gasteiger partial charge on any atom is -0.352 e. The normalized spacial score (nSPS) is 30.1. The lowest BCUT2D eigenvalue weighted by atomic mass is 9.84. The van der Waals surface area contributed by atoms with Crippen LogP contribution in [0, 0.1) is 17.8 Å². The van der Waals surface area contributed by atoms with Gasteiger partial charge >= 0.3 is 0 Å². The molecule has 4 rings (SSSR count). The quantitative estimate of drug-likeness (QED) is 0.861. The molecule has 0 radical (unpaired) electrons. The summed E-state index contributed by atoms with van der Waals surface area (Å²) in [4.78, 5) is 12.4. The third-order valence-electron chi connectivity index (χ3n) is 6.17. The Morgan fingerprint density at radius 1 is 1.33 bits per heavy atom. The molecule has 24 heavy (non-hydrogen) atoms. The Morgan fingerprint density at radius 2 is 2.12 bits per heavy atom. The van der Waals surface area contributed by atoms with Crippen LogP contribution in [0.3, 0.4) is 0 Å². The van der Waals surface area contributed by atoms with Crippen molar-refractivity contribution in [1.82, 2.24) is 15.1 Å². The molecule has 1 amide bonds. The summed E-state index contributed by atoms with van der Waals surface area (Å²) in [6.45, 7) is 2.13. The maximum atomic E-state index is 12.9. The Labute approximate surface area is 141 Å². The Balaban J connectivity index is 1.39. The molecule has 0 spiro atoms. The lowest BCUT2D eigenvalue weighted by Crippen LogP contribution is -2.41. The van der Waals surface area contributed by atoms with Crippen LogP contribution in [0.5, 0.6) is 0 Å². The van der Waals surface area contributed by atoms with Crippen molar-refractivity contribution in [3.05, 3.63) is 17.5 Å². The molecule has 3 fully saturated rings. The molecule has 0 aromatic carbocycles. The predicted molar refractivity (Wildman–Crippen MR) is 85.7 cm³/mol. The van der Waals surface area contributed by atoms with Crippen molar-refractivity contribution in [2.75, 3.05) is 0 Å². The molecule has 1 aromatic rings. The summed E-state index contributed by atoms with van der Waals surface area (Å²) in [6.07, 6.45) is 4.58. The lowest BCUT2D eigenvalue weighted by molar-refractivity contribution is -0.123. The van der Waals surface area contributed by atoms with Crippen LogP contribution in [0.4, 0.5) is 8.78 Å². The first-order valence-electron chi connectivity index (χ1n) is 9.16. The van der Waals surface area contributed by atoms with Crippen molar-refractivity contribution >= 4 is 5.91 Å². The van der Waals surface area contributed by atoms with Crippen LogP contribution in [0.2, 0.25) is 0 Å². The van der Waals surface area contributed by atoms with E-state index in [1.807, 2.05) is 0 Å². The minimum atomic E-state index is -2.58. The molecule has 3 aliphatic carbocycles. The third-order valence-corrected chi connectivity index (χ3v) is 6.17. The number of nitrogens with zero attached hydrogens (tertiary/aromatic N) is 2. The average molecular weight is 337 g/mol. The molecule has 2 bridgehead atoms. The number of aromatic nitrogens is 2. The Hall–Kier alpha value is -1.46. The second kappa shape index (κ2) is 6.12. The maximum absolute atomic E-state index is 12.9. The number of carbonyl (C=O) groups is 1. The number of carbonyl (C=O) groups excluding carboxylic acids is 1. The van der Waals surface area contributed by atoms with Gasteiger partial charge in [0.25, 0.3) is 6.43 Å². The van der Waals surface area contributed by atoms with E-state index in [0.29, 0.717) is 11.8 Å². The van der Waals surface area contributed by atoms with Crippen LogP contribution in [-0.4, -0.2) is 21.7 Å². The summed E-state index contributed by atoms with van der Waals surface area (Å²) in [5.41, 5.74) is 0.568. The molecule has 1 aromatic heterocycles. The number of fused-ring (bicyclic) bond motifs is 2. The van der Waals surface area contributed by atoms with Crippen LogP contribution in [0.1, 0.15) is 69.2 Å². The van der Waals surface area contributed by atoms with Crippen molar-refractivity contribution in [1.29, 1.82) is 0 Å². The topological polar surface area (TPSA) is 46.9 Å². The molecule has 4 atom stereocenters. The minimum absolute atomic E-state index is 0.0453. The van der Waals surface area contributed by atoms with E-state index in [-0.39, 0.29) is 24.2 Å². The van der Waals surface area contributed by atoms with Gasteiger partial charge in [0.1, 0.15) is 12.2 Å². The van der Waals surface area contributed by atoms with E-state index in [4.69, 9.17) is 0 Å². The molecular weight excluding hydrogens is 312 g/mol. The van der Waals surface area contributed by atoms with Gasteiger partial charge in [0, 0.05) is 17.7 Å². The van der Waals surface area contributed by atoms with Crippen molar-refractivity contribution < 1.29 is 13.6 Å². The van der Waals surface area contributed by atoms with Gasteiger partial charge in [-0.05, 0) is 62.8 Å². The lowest BCUT2D eigenvalue weighted by Gasteiger charge is -2.28. The third kappa shape index (κ3) is 3.07. The number of amides is 1. The van der Waals surface area contributed by atoms with E-state index in [2.05, 4.69) is 17.3 Å². The standard InChI is InChI=1S/C18H25F2N3O/c1-10(14-7-11-2-3-13(14)6-11)21-17(24)9-23-16(12-4-5-12)8-15(22-23)18(19)20/h8,10-14,18H,2-7,9H2,1H3,(H,21,24). The van der Waals surface area contributed by atoms with Gasteiger partial charge in [-0.15, -0.1) is 0 Å². The van der Waals surface area contributed by atoms with Gasteiger partial charge in [0.05, 0.1) is 0 Å². The summed E-state index contributed by atoms with van der Waals surface area (Å²) in [7, 11) is 0. The molecule has 1 heterocycles. The van der Waals surface area contributed by atoms with Gasteiger partial charge in [0.15, 0.2) is 0 Å². The molecule has 132 valence electrons. The molecule has 6 heteroatoms. The van der Waals surface area contributed by atoms with E-state index in [9.17, 15) is 13.6 Å². The van der Waals surface area contributed by atoms with Crippen molar-refractivity contribution in [2.45, 2.75) is 70.4 Å². The Kier molecular flexibility index (Phi) is 4.09. The molecule has 4 unspecified atom stereocenters. The summed E-state index contributed by atoms with van der Waals surface area (Å²) in [5, 5.41) is 7.05. The van der Waals surface area contributed by atoms with Crippen LogP contribution in [-0.2, 0) is 11.3 Å². The first-order chi connectivity index (χ1) is 11.5. The Morgan fingerprint density at radius 3 is 2.71 bits per heavy atom. The Bertz CT molecular complexity index is 626. The van der Waals surface area contributed by atoms with Crippen LogP contribution in [0.25, 0.3) is 0 Å². The van der Waals surface area contributed by atoms with E-state index in [1.54, 1.807) is 0 Å². The summed E-state index contributed by atoms with van der Waals surface area (Å²) < 4.78 is 27.3. The summed E-state index contributed by atoms with van der Waals surface area (Å²) in [5.74, 6) is 2.35. The number of halogens is 2. The zero-order valence-corrected chi connectivity index (χ0v) is 14.0. The number of hydrogen-bond donors (Lipinski definition) is 1. The van der Waals surface area contributed by atoms with Gasteiger partial charge in [-0.25, -0.2) is 8.78 Å². The average Bonchev–Trinajstić information content (AvgIpc) is 2.97. The zero-order valence-electron chi connectivity index (χ0n) is 14.0. The summed E-state index contributed by atoms with van der Waals surface area (Å²) in [6, 6.07) is 1.62. The SMILES string of the molecule is CC(NC(=O)Cn1nc(C(F)F)cc1C1CC1)C1CC2CCC1C2. The fourth-order valence-electron chi connectivity index (χ4n) is 4.84. The van der Waals surface area contributed by atoms with Gasteiger partial charge in [-0.1, -0.05) is 6.42 Å². The van der Waals surface area contributed by atoms with E-state index in [1.165, 1.54) is 36.4 Å². The molecular formula is C18H25F2N3O. The second-order valence-electron chi connectivity index (χ2n) is 7.92. The highest BCUT2D eigenvalue weighted by molar-refractivity contribution is 5.76. The molecule has 1 N–H and O–H groups in total. The molecule has 0 saturated heterocycles. The van der Waals surface area contributed by atoms with Crippen molar-refractivity contribution in [3.63, 3.8) is 0 Å². The van der Waals surface area contributed by atoms with Crippen LogP contribution in [0.15, 0.2) is 6.07 Å². The van der Waals surface area contributed by atoms with Crippen molar-refractivity contribution in [3.8, 4) is 0 Å². The molecule has 4 nitrogen and oxygen atoms in total. The number of nitrogens with one attached hydrogen (secondary N) is 1. The van der Waals surface area contributed by atoms with E-state index < -0.39 is 6.43 Å². The van der Waals surface area contributed by atoms with Gasteiger partial charge in [-0.2, -0.15) is 5.10 Å². The predicted octanol–water partition coefficient (Wildman–Crippen LogP) is 3.64. The largest absolute Gasteiger partial charge is 0.352 e. The molecule has 3 saturated carbocycles. The monoisotopic (exact) mass is 337 g/mol. The molecule has 0 aliphatic heterocycles. The first kappa shape index (κ1) is 16.0. The molecule has 3 aliphatic rings. The van der Waals surface area contributed by atoms with Crippen LogP contribution >= 0.6 is 0 Å². The number of rotatable bonds is 6.